The Morgan fingerprint density at radius 1 is 0.359 bits per heavy atom. The molecule has 0 radical (unpaired) electrons. The van der Waals surface area contributed by atoms with E-state index in [2.05, 4.69) is 193 Å². The van der Waals surface area contributed by atoms with Crippen molar-refractivity contribution in [2.24, 2.45) is 0 Å². The van der Waals surface area contributed by atoms with Gasteiger partial charge in [-0.2, -0.15) is 0 Å². The van der Waals surface area contributed by atoms with E-state index in [1.165, 1.54) is 16.3 Å². The molecule has 0 aliphatic heterocycles. The van der Waals surface area contributed by atoms with E-state index >= 15 is 0 Å². The third-order valence-electron chi connectivity index (χ3n) is 12.6. The van der Waals surface area contributed by atoms with Gasteiger partial charge in [-0.05, 0) is 65.7 Å². The molecule has 13 rings (SSSR count). The quantitative estimate of drug-likeness (QED) is 0.157. The first kappa shape index (κ1) is 36.0. The molecule has 13 aromatic rings. The van der Waals surface area contributed by atoms with Crippen molar-refractivity contribution in [3.63, 3.8) is 0 Å². The number of aromatic nitrogens is 4. The molecule has 0 aliphatic rings. The lowest BCUT2D eigenvalue weighted by molar-refractivity contribution is 0.670. The molecule has 9 aromatic carbocycles. The third kappa shape index (κ3) is 5.75. The van der Waals surface area contributed by atoms with Crippen molar-refractivity contribution in [2.45, 2.75) is 0 Å². The van der Waals surface area contributed by atoms with Crippen LogP contribution in [0.5, 0.6) is 0 Å². The average molecular weight is 817 g/mol. The van der Waals surface area contributed by atoms with Gasteiger partial charge in [0.15, 0.2) is 5.82 Å². The number of pyridine rings is 1. The molecule has 5 nitrogen and oxygen atoms in total. The van der Waals surface area contributed by atoms with Gasteiger partial charge in [0.1, 0.15) is 11.2 Å². The van der Waals surface area contributed by atoms with E-state index in [1.54, 1.807) is 0 Å². The Kier molecular flexibility index (Phi) is 8.15. The number of furan rings is 1. The highest BCUT2D eigenvalue weighted by Gasteiger charge is 2.24. The van der Waals surface area contributed by atoms with Crippen molar-refractivity contribution >= 4 is 65.4 Å². The lowest BCUT2D eigenvalue weighted by atomic mass is 9.92. The van der Waals surface area contributed by atoms with Crippen molar-refractivity contribution in [1.82, 2.24) is 19.5 Å². The molecule has 0 saturated carbocycles. The molecule has 4 heterocycles. The fraction of sp³-hybridized carbons (Fsp3) is 0. The van der Waals surface area contributed by atoms with E-state index in [1.807, 2.05) is 30.3 Å². The second kappa shape index (κ2) is 14.5. The number of para-hydroxylation sites is 4. The Morgan fingerprint density at radius 2 is 0.953 bits per heavy atom. The van der Waals surface area contributed by atoms with Crippen molar-refractivity contribution in [3.05, 3.63) is 218 Å². The van der Waals surface area contributed by atoms with Gasteiger partial charge in [-0.25, -0.2) is 15.0 Å². The summed E-state index contributed by atoms with van der Waals surface area (Å²) in [4.78, 5) is 16.1. The molecule has 0 unspecified atom stereocenters. The van der Waals surface area contributed by atoms with Gasteiger partial charge in [-0.3, -0.25) is 0 Å². The van der Waals surface area contributed by atoms with Crippen molar-refractivity contribution < 1.29 is 4.42 Å². The third-order valence-corrected chi connectivity index (χ3v) is 12.6. The van der Waals surface area contributed by atoms with Crippen molar-refractivity contribution in [2.75, 3.05) is 0 Å². The molecule has 0 amide bonds. The first-order valence-corrected chi connectivity index (χ1v) is 21.6. The second-order valence-electron chi connectivity index (χ2n) is 16.3. The molecule has 298 valence electrons. The van der Waals surface area contributed by atoms with Crippen LogP contribution in [0.4, 0.5) is 0 Å². The molecule has 0 atom stereocenters. The smallest absolute Gasteiger partial charge is 0.160 e. The molecule has 0 fully saturated rings. The van der Waals surface area contributed by atoms with Crippen LogP contribution in [0.1, 0.15) is 0 Å². The van der Waals surface area contributed by atoms with Gasteiger partial charge >= 0.3 is 0 Å². The summed E-state index contributed by atoms with van der Waals surface area (Å²) in [5, 5.41) is 7.63. The second-order valence-corrected chi connectivity index (χ2v) is 16.3. The number of fused-ring (bicyclic) bond motifs is 10. The minimum atomic E-state index is 0.640. The SMILES string of the molecule is c1ccc(-c2ccc(-c3cc(-c4cc5c(-c6ccc7c(c6)c6ccccc6n7-c6ccccc6)nc6ccccc6c5c5c4oc4ccccc45)nc(-c4ccccc4)n3)cc2)cc1. The number of benzene rings is 9. The van der Waals surface area contributed by atoms with E-state index in [4.69, 9.17) is 19.4 Å². The maximum Gasteiger partial charge on any atom is 0.160 e. The normalized spacial score (nSPS) is 11.8. The molecule has 4 aromatic heterocycles. The van der Waals surface area contributed by atoms with E-state index in [0.29, 0.717) is 5.82 Å². The van der Waals surface area contributed by atoms with Gasteiger partial charge in [-0.1, -0.05) is 164 Å². The van der Waals surface area contributed by atoms with Crippen LogP contribution >= 0.6 is 0 Å². The van der Waals surface area contributed by atoms with Crippen LogP contribution in [0.25, 0.3) is 127 Å². The van der Waals surface area contributed by atoms with Crippen LogP contribution < -0.4 is 0 Å². The largest absolute Gasteiger partial charge is 0.455 e. The predicted octanol–water partition coefficient (Wildman–Crippen LogP) is 15.5. The molecule has 0 bridgehead atoms. The molecular weight excluding hydrogens is 781 g/mol. The van der Waals surface area contributed by atoms with E-state index in [-0.39, 0.29) is 0 Å². The number of hydrogen-bond donors (Lipinski definition) is 0. The van der Waals surface area contributed by atoms with Gasteiger partial charge in [0.05, 0.1) is 33.6 Å². The Bertz CT molecular complexity index is 3930. The minimum Gasteiger partial charge on any atom is -0.455 e. The highest BCUT2D eigenvalue weighted by Crippen LogP contribution is 2.46. The highest BCUT2D eigenvalue weighted by atomic mass is 16.3. The first-order valence-electron chi connectivity index (χ1n) is 21.6. The van der Waals surface area contributed by atoms with Gasteiger partial charge in [0.2, 0.25) is 0 Å². The van der Waals surface area contributed by atoms with Gasteiger partial charge in [0, 0.05) is 65.6 Å². The lowest BCUT2D eigenvalue weighted by Crippen LogP contribution is -1.97. The van der Waals surface area contributed by atoms with Crippen LogP contribution in [0, 0.1) is 0 Å². The molecule has 0 spiro atoms. The maximum absolute atomic E-state index is 6.96. The van der Waals surface area contributed by atoms with Crippen LogP contribution in [0.15, 0.2) is 223 Å². The van der Waals surface area contributed by atoms with Crippen molar-refractivity contribution in [1.29, 1.82) is 0 Å². The number of rotatable bonds is 6. The van der Waals surface area contributed by atoms with Crippen LogP contribution in [-0.2, 0) is 0 Å². The topological polar surface area (TPSA) is 56.7 Å². The monoisotopic (exact) mass is 816 g/mol. The summed E-state index contributed by atoms with van der Waals surface area (Å²) in [6.07, 6.45) is 0. The summed E-state index contributed by atoms with van der Waals surface area (Å²) in [7, 11) is 0. The summed E-state index contributed by atoms with van der Waals surface area (Å²) < 4.78 is 9.32. The van der Waals surface area contributed by atoms with Crippen LogP contribution in [0.2, 0.25) is 0 Å². The number of nitrogens with zero attached hydrogens (tertiary/aromatic N) is 4. The first-order chi connectivity index (χ1) is 31.7. The molecule has 5 heteroatoms. The molecular formula is C59H36N4O. The number of hydrogen-bond acceptors (Lipinski definition) is 4. The highest BCUT2D eigenvalue weighted by molar-refractivity contribution is 6.30. The molecule has 0 aliphatic carbocycles. The predicted molar refractivity (Wildman–Crippen MR) is 264 cm³/mol. The molecule has 0 N–H and O–H groups in total. The average Bonchev–Trinajstić information content (AvgIpc) is 3.93. The Balaban J connectivity index is 1.10. The summed E-state index contributed by atoms with van der Waals surface area (Å²) in [5.74, 6) is 0.640. The summed E-state index contributed by atoms with van der Waals surface area (Å²) >= 11 is 0. The minimum absolute atomic E-state index is 0.640. The molecule has 64 heavy (non-hydrogen) atoms. The van der Waals surface area contributed by atoms with Gasteiger partial charge < -0.3 is 8.98 Å². The van der Waals surface area contributed by atoms with Crippen molar-refractivity contribution in [3.8, 4) is 62.0 Å². The Morgan fingerprint density at radius 3 is 1.75 bits per heavy atom. The summed E-state index contributed by atoms with van der Waals surface area (Å²) in [6, 6.07) is 76.5. The summed E-state index contributed by atoms with van der Waals surface area (Å²) in [6.45, 7) is 0. The van der Waals surface area contributed by atoms with Crippen LogP contribution in [0.3, 0.4) is 0 Å². The standard InChI is InChI=1S/C59H36N4O/c1-4-16-37(17-5-1)38-28-30-39(31-29-38)50-36-51(62-59(61-50)40-18-6-2-7-19-40)47-35-48-55(56-45-24-12-15-27-54(45)64-58(47)56)44-23-10-13-25-49(44)60-57(48)41-32-33-53-46(34-41)43-22-11-14-26-52(43)63(53)42-20-8-3-9-21-42/h1-36H. The maximum atomic E-state index is 6.96. The van der Waals surface area contributed by atoms with E-state index in [0.717, 1.165) is 105 Å². The van der Waals surface area contributed by atoms with Gasteiger partial charge in [0.25, 0.3) is 0 Å². The zero-order valence-electron chi connectivity index (χ0n) is 34.5. The lowest BCUT2D eigenvalue weighted by Gasteiger charge is -2.15. The fourth-order valence-corrected chi connectivity index (χ4v) is 9.63. The molecule has 0 saturated heterocycles. The van der Waals surface area contributed by atoms with E-state index in [9.17, 15) is 0 Å². The Labute approximate surface area is 368 Å². The van der Waals surface area contributed by atoms with Gasteiger partial charge in [-0.15, -0.1) is 0 Å². The Hall–Kier alpha value is -8.67. The van der Waals surface area contributed by atoms with E-state index < -0.39 is 0 Å². The fourth-order valence-electron chi connectivity index (χ4n) is 9.63. The summed E-state index contributed by atoms with van der Waals surface area (Å²) in [5.41, 5.74) is 14.6. The van der Waals surface area contributed by atoms with Crippen LogP contribution in [-0.4, -0.2) is 19.5 Å². The zero-order valence-corrected chi connectivity index (χ0v) is 34.5. The zero-order chi connectivity index (χ0) is 42.1.